The summed E-state index contributed by atoms with van der Waals surface area (Å²) in [7, 11) is 0. The number of hydrogen-bond acceptors (Lipinski definition) is 7. The van der Waals surface area contributed by atoms with Crippen LogP contribution in [0.2, 0.25) is 0 Å². The van der Waals surface area contributed by atoms with E-state index in [9.17, 15) is 8.78 Å². The lowest BCUT2D eigenvalue weighted by molar-refractivity contribution is -0.135. The molecule has 4 aromatic rings. The standard InChI is InChI=1S/C24H24F2N4O4/c1-12(10-33-24(25)26)30-22-15-8-19-16(21-13(2)29-34-20(21)11-32-19)7-17(15)27-9-18(22)28-23(30)14-3-5-31-6-4-14/h7-9,12,14,24H,3-6,10-11H2,1-2H3. The minimum absolute atomic E-state index is 0.131. The van der Waals surface area contributed by atoms with Gasteiger partial charge in [-0.3, -0.25) is 4.98 Å². The van der Waals surface area contributed by atoms with Crippen molar-refractivity contribution in [1.29, 1.82) is 0 Å². The molecule has 34 heavy (non-hydrogen) atoms. The maximum atomic E-state index is 12.9. The molecular weight excluding hydrogens is 446 g/mol. The Labute approximate surface area is 193 Å². The van der Waals surface area contributed by atoms with Crippen LogP contribution in [0.3, 0.4) is 0 Å². The maximum absolute atomic E-state index is 12.9. The minimum Gasteiger partial charge on any atom is -0.485 e. The smallest absolute Gasteiger partial charge is 0.345 e. The SMILES string of the molecule is Cc1noc2c1-c1cc3ncc4nc(C5CCOCC5)n(C(C)COC(F)F)c4c3cc1OC2. The molecule has 0 radical (unpaired) electrons. The molecule has 0 spiro atoms. The van der Waals surface area contributed by atoms with E-state index >= 15 is 0 Å². The minimum atomic E-state index is -2.83. The van der Waals surface area contributed by atoms with E-state index in [0.29, 0.717) is 31.3 Å². The van der Waals surface area contributed by atoms with Crippen molar-refractivity contribution >= 4 is 21.9 Å². The largest absolute Gasteiger partial charge is 0.485 e. The highest BCUT2D eigenvalue weighted by Crippen LogP contribution is 2.43. The molecule has 1 fully saturated rings. The van der Waals surface area contributed by atoms with Crippen LogP contribution in [0.1, 0.15) is 49.0 Å². The van der Waals surface area contributed by atoms with Crippen molar-refractivity contribution < 1.29 is 27.5 Å². The van der Waals surface area contributed by atoms with E-state index in [2.05, 4.69) is 10.1 Å². The molecule has 8 nitrogen and oxygen atoms in total. The lowest BCUT2D eigenvalue weighted by Crippen LogP contribution is -2.22. The van der Waals surface area contributed by atoms with E-state index in [1.165, 1.54) is 0 Å². The van der Waals surface area contributed by atoms with Crippen molar-refractivity contribution in [2.75, 3.05) is 19.8 Å². The van der Waals surface area contributed by atoms with E-state index in [0.717, 1.165) is 57.4 Å². The third-order valence-corrected chi connectivity index (χ3v) is 6.70. The lowest BCUT2D eigenvalue weighted by atomic mass is 9.98. The van der Waals surface area contributed by atoms with Crippen LogP contribution in [0.5, 0.6) is 5.75 Å². The molecule has 1 unspecified atom stereocenters. The first-order valence-electron chi connectivity index (χ1n) is 11.4. The molecule has 2 aliphatic heterocycles. The molecule has 10 heteroatoms. The van der Waals surface area contributed by atoms with E-state index in [4.69, 9.17) is 23.7 Å². The Morgan fingerprint density at radius 1 is 1.21 bits per heavy atom. The number of aromatic nitrogens is 4. The Bertz CT molecular complexity index is 1380. The van der Waals surface area contributed by atoms with E-state index in [-0.39, 0.29) is 18.6 Å². The number of ether oxygens (including phenoxy) is 3. The monoisotopic (exact) mass is 470 g/mol. The second-order valence-electron chi connectivity index (χ2n) is 8.88. The van der Waals surface area contributed by atoms with Gasteiger partial charge in [0.1, 0.15) is 23.7 Å². The number of rotatable bonds is 5. The van der Waals surface area contributed by atoms with Gasteiger partial charge in [-0.05, 0) is 38.8 Å². The molecule has 1 saturated heterocycles. The van der Waals surface area contributed by atoms with Gasteiger partial charge in [0.25, 0.3) is 0 Å². The molecule has 0 aliphatic carbocycles. The first-order valence-corrected chi connectivity index (χ1v) is 11.4. The normalized spacial score (nSPS) is 17.2. The topological polar surface area (TPSA) is 84.4 Å². The van der Waals surface area contributed by atoms with Crippen LogP contribution < -0.4 is 4.74 Å². The fraction of sp³-hybridized carbons (Fsp3) is 0.458. The number of aryl methyl sites for hydroxylation is 1. The number of benzene rings is 1. The van der Waals surface area contributed by atoms with E-state index < -0.39 is 6.61 Å². The summed E-state index contributed by atoms with van der Waals surface area (Å²) in [6.07, 6.45) is 3.39. The Kier molecular flexibility index (Phi) is 5.22. The Morgan fingerprint density at radius 2 is 2.03 bits per heavy atom. The number of hydrogen-bond donors (Lipinski definition) is 0. The fourth-order valence-corrected chi connectivity index (χ4v) is 5.12. The molecule has 3 aromatic heterocycles. The fourth-order valence-electron chi connectivity index (χ4n) is 5.12. The zero-order valence-corrected chi connectivity index (χ0v) is 18.9. The van der Waals surface area contributed by atoms with Gasteiger partial charge in [-0.1, -0.05) is 5.16 Å². The van der Waals surface area contributed by atoms with Crippen molar-refractivity contribution in [3.05, 3.63) is 35.6 Å². The molecule has 1 atom stereocenters. The van der Waals surface area contributed by atoms with Crippen molar-refractivity contribution in [3.8, 4) is 16.9 Å². The molecule has 2 aliphatic rings. The third-order valence-electron chi connectivity index (χ3n) is 6.70. The van der Waals surface area contributed by atoms with Gasteiger partial charge >= 0.3 is 6.61 Å². The summed E-state index contributed by atoms with van der Waals surface area (Å²) in [5.74, 6) is 2.42. The molecule has 1 aromatic carbocycles. The molecule has 0 N–H and O–H groups in total. The van der Waals surface area contributed by atoms with Gasteiger partial charge in [0.2, 0.25) is 0 Å². The zero-order valence-electron chi connectivity index (χ0n) is 18.9. The van der Waals surface area contributed by atoms with Crippen molar-refractivity contribution in [1.82, 2.24) is 19.7 Å². The number of nitrogens with zero attached hydrogens (tertiary/aromatic N) is 4. The molecule has 0 bridgehead atoms. The average molecular weight is 470 g/mol. The molecule has 178 valence electrons. The highest BCUT2D eigenvalue weighted by atomic mass is 19.3. The average Bonchev–Trinajstić information content (AvgIpc) is 3.43. The number of alkyl halides is 2. The van der Waals surface area contributed by atoms with E-state index in [1.807, 2.05) is 30.5 Å². The Morgan fingerprint density at radius 3 is 2.82 bits per heavy atom. The van der Waals surface area contributed by atoms with Crippen LogP contribution in [0.15, 0.2) is 22.9 Å². The molecule has 5 heterocycles. The first-order chi connectivity index (χ1) is 16.5. The number of halogens is 2. The second-order valence-corrected chi connectivity index (χ2v) is 8.88. The number of fused-ring (bicyclic) bond motifs is 6. The number of imidazole rings is 1. The van der Waals surface area contributed by atoms with Crippen LogP contribution in [0.4, 0.5) is 8.78 Å². The second kappa shape index (κ2) is 8.28. The van der Waals surface area contributed by atoms with Gasteiger partial charge in [-0.15, -0.1) is 0 Å². The molecule has 0 saturated carbocycles. The van der Waals surface area contributed by atoms with Crippen LogP contribution in [-0.2, 0) is 16.1 Å². The molecular formula is C24H24F2N4O4. The van der Waals surface area contributed by atoms with Crippen molar-refractivity contribution in [2.24, 2.45) is 0 Å². The Hall–Kier alpha value is -3.11. The molecule has 0 amide bonds. The quantitative estimate of drug-likeness (QED) is 0.400. The number of pyridine rings is 1. The van der Waals surface area contributed by atoms with Gasteiger partial charge in [0.05, 0.1) is 41.1 Å². The van der Waals surface area contributed by atoms with Crippen molar-refractivity contribution in [3.63, 3.8) is 0 Å². The van der Waals surface area contributed by atoms with Crippen molar-refractivity contribution in [2.45, 2.75) is 51.9 Å². The highest BCUT2D eigenvalue weighted by molar-refractivity contribution is 6.05. The Balaban J connectivity index is 1.56. The maximum Gasteiger partial charge on any atom is 0.345 e. The van der Waals surface area contributed by atoms with Gasteiger partial charge < -0.3 is 23.3 Å². The summed E-state index contributed by atoms with van der Waals surface area (Å²) >= 11 is 0. The lowest BCUT2D eigenvalue weighted by Gasteiger charge is -2.25. The third kappa shape index (κ3) is 3.43. The predicted molar refractivity (Wildman–Crippen MR) is 119 cm³/mol. The van der Waals surface area contributed by atoms with Gasteiger partial charge in [0, 0.05) is 30.1 Å². The summed E-state index contributed by atoms with van der Waals surface area (Å²) in [6, 6.07) is 3.58. The first kappa shape index (κ1) is 21.4. The van der Waals surface area contributed by atoms with E-state index in [1.54, 1.807) is 6.20 Å². The summed E-state index contributed by atoms with van der Waals surface area (Å²) in [5, 5.41) is 4.93. The summed E-state index contributed by atoms with van der Waals surface area (Å²) in [6.45, 7) is 2.41. The van der Waals surface area contributed by atoms with Crippen LogP contribution >= 0.6 is 0 Å². The van der Waals surface area contributed by atoms with Crippen LogP contribution in [-0.4, -0.2) is 46.1 Å². The zero-order chi connectivity index (χ0) is 23.4. The van der Waals surface area contributed by atoms with Gasteiger partial charge in [-0.25, -0.2) is 4.98 Å². The molecule has 6 rings (SSSR count). The summed E-state index contributed by atoms with van der Waals surface area (Å²) in [4.78, 5) is 9.60. The highest BCUT2D eigenvalue weighted by Gasteiger charge is 2.29. The summed E-state index contributed by atoms with van der Waals surface area (Å²) < 4.78 is 49.4. The summed E-state index contributed by atoms with van der Waals surface area (Å²) in [5.41, 5.74) is 4.92. The van der Waals surface area contributed by atoms with Crippen LogP contribution in [0.25, 0.3) is 33.1 Å². The van der Waals surface area contributed by atoms with Gasteiger partial charge in [0.15, 0.2) is 5.76 Å². The predicted octanol–water partition coefficient (Wildman–Crippen LogP) is 5.13. The van der Waals surface area contributed by atoms with Gasteiger partial charge in [-0.2, -0.15) is 8.78 Å². The van der Waals surface area contributed by atoms with Crippen LogP contribution in [0, 0.1) is 6.92 Å².